The Labute approximate surface area is 150 Å². The van der Waals surface area contributed by atoms with E-state index in [-0.39, 0.29) is 11.8 Å². The molecule has 0 aliphatic carbocycles. The van der Waals surface area contributed by atoms with E-state index in [2.05, 4.69) is 15.5 Å². The summed E-state index contributed by atoms with van der Waals surface area (Å²) >= 11 is 1.32. The molecule has 0 aliphatic heterocycles. The molecule has 3 aromatic rings. The third-order valence-corrected chi connectivity index (χ3v) is 4.54. The van der Waals surface area contributed by atoms with Gasteiger partial charge < -0.3 is 4.74 Å². The van der Waals surface area contributed by atoms with Crippen molar-refractivity contribution in [2.45, 2.75) is 25.9 Å². The van der Waals surface area contributed by atoms with E-state index < -0.39 is 0 Å². The number of hydrogen-bond acceptors (Lipinski definition) is 5. The third-order valence-electron chi connectivity index (χ3n) is 3.73. The van der Waals surface area contributed by atoms with E-state index in [1.54, 1.807) is 0 Å². The summed E-state index contributed by atoms with van der Waals surface area (Å²) in [6.45, 7) is 2.32. The molecule has 25 heavy (non-hydrogen) atoms. The van der Waals surface area contributed by atoms with E-state index in [0.717, 1.165) is 17.7 Å². The van der Waals surface area contributed by atoms with Crippen molar-refractivity contribution in [3.63, 3.8) is 0 Å². The zero-order valence-corrected chi connectivity index (χ0v) is 14.7. The summed E-state index contributed by atoms with van der Waals surface area (Å²) in [6.07, 6.45) is 0.721. The molecule has 1 aromatic heterocycles. The van der Waals surface area contributed by atoms with Gasteiger partial charge in [-0.3, -0.25) is 10.1 Å². The molecule has 128 valence electrons. The number of ether oxygens (including phenoxy) is 1. The molecule has 1 atom stereocenters. The maximum Gasteiger partial charge on any atom is 0.233 e. The van der Waals surface area contributed by atoms with Gasteiger partial charge >= 0.3 is 0 Å². The van der Waals surface area contributed by atoms with E-state index in [9.17, 15) is 4.79 Å². The molecule has 2 aromatic carbocycles. The standard InChI is InChI=1S/C19H19N3O2S/c1-2-16(14-9-5-3-6-10-14)18(23)20-19-22-21-17(25-19)13-24-15-11-7-4-8-12-15/h3-12,16H,2,13H2,1H3,(H,20,22,23)/t16-/m0/s1. The van der Waals surface area contributed by atoms with E-state index in [1.165, 1.54) is 11.3 Å². The number of aromatic nitrogens is 2. The quantitative estimate of drug-likeness (QED) is 0.690. The van der Waals surface area contributed by atoms with Crippen molar-refractivity contribution in [3.05, 3.63) is 71.2 Å². The molecule has 0 saturated heterocycles. The zero-order valence-electron chi connectivity index (χ0n) is 13.9. The molecule has 0 radical (unpaired) electrons. The third kappa shape index (κ3) is 4.64. The number of amides is 1. The Hall–Kier alpha value is -2.73. The fourth-order valence-corrected chi connectivity index (χ4v) is 3.13. The normalized spacial score (nSPS) is 11.7. The fraction of sp³-hybridized carbons (Fsp3) is 0.211. The molecular formula is C19H19N3O2S. The van der Waals surface area contributed by atoms with Crippen molar-refractivity contribution < 1.29 is 9.53 Å². The van der Waals surface area contributed by atoms with Crippen molar-refractivity contribution >= 4 is 22.4 Å². The van der Waals surface area contributed by atoms with Crippen LogP contribution in [-0.2, 0) is 11.4 Å². The SMILES string of the molecule is CC[C@H](C(=O)Nc1nnc(COc2ccccc2)s1)c1ccccc1. The van der Waals surface area contributed by atoms with Crippen LogP contribution in [0.4, 0.5) is 5.13 Å². The highest BCUT2D eigenvalue weighted by atomic mass is 32.1. The smallest absolute Gasteiger partial charge is 0.233 e. The topological polar surface area (TPSA) is 64.1 Å². The van der Waals surface area contributed by atoms with Gasteiger partial charge in [0.2, 0.25) is 11.0 Å². The molecule has 0 bridgehead atoms. The maximum atomic E-state index is 12.5. The van der Waals surface area contributed by atoms with Gasteiger partial charge in [0, 0.05) is 0 Å². The number of benzene rings is 2. The Balaban J connectivity index is 1.59. The predicted molar refractivity (Wildman–Crippen MR) is 98.8 cm³/mol. The average molecular weight is 353 g/mol. The molecule has 1 heterocycles. The van der Waals surface area contributed by atoms with E-state index in [1.807, 2.05) is 67.6 Å². The monoisotopic (exact) mass is 353 g/mol. The number of nitrogens with one attached hydrogen (secondary N) is 1. The lowest BCUT2D eigenvalue weighted by atomic mass is 9.96. The minimum Gasteiger partial charge on any atom is -0.486 e. The van der Waals surface area contributed by atoms with Gasteiger partial charge in [0.15, 0.2) is 5.01 Å². The van der Waals surface area contributed by atoms with E-state index >= 15 is 0 Å². The lowest BCUT2D eigenvalue weighted by Crippen LogP contribution is -2.20. The second kappa shape index (κ2) is 8.39. The molecular weight excluding hydrogens is 334 g/mol. The van der Waals surface area contributed by atoms with E-state index in [0.29, 0.717) is 16.7 Å². The Morgan fingerprint density at radius 2 is 1.76 bits per heavy atom. The van der Waals surface area contributed by atoms with Crippen LogP contribution in [0.1, 0.15) is 29.8 Å². The molecule has 0 spiro atoms. The Morgan fingerprint density at radius 3 is 2.44 bits per heavy atom. The summed E-state index contributed by atoms with van der Waals surface area (Å²) in [5.41, 5.74) is 1.000. The second-order valence-corrected chi connectivity index (χ2v) is 6.53. The first-order chi connectivity index (χ1) is 12.3. The van der Waals surface area contributed by atoms with Crippen LogP contribution >= 0.6 is 11.3 Å². The summed E-state index contributed by atoms with van der Waals surface area (Å²) in [4.78, 5) is 12.5. The van der Waals surface area contributed by atoms with E-state index in [4.69, 9.17) is 4.74 Å². The number of carbonyl (C=O) groups is 1. The molecule has 0 aliphatic rings. The van der Waals surface area contributed by atoms with Crippen molar-refractivity contribution in [1.29, 1.82) is 0 Å². The Bertz CT molecular complexity index is 806. The molecule has 0 fully saturated rings. The Morgan fingerprint density at radius 1 is 1.08 bits per heavy atom. The molecule has 0 saturated carbocycles. The number of carbonyl (C=O) groups excluding carboxylic acids is 1. The van der Waals surface area contributed by atoms with Crippen LogP contribution in [0, 0.1) is 0 Å². The van der Waals surface area contributed by atoms with Crippen LogP contribution in [0.3, 0.4) is 0 Å². The lowest BCUT2D eigenvalue weighted by molar-refractivity contribution is -0.117. The van der Waals surface area contributed by atoms with Gasteiger partial charge in [-0.25, -0.2) is 0 Å². The highest BCUT2D eigenvalue weighted by molar-refractivity contribution is 7.15. The summed E-state index contributed by atoms with van der Waals surface area (Å²) in [5, 5.41) is 12.2. The average Bonchev–Trinajstić information content (AvgIpc) is 3.10. The molecule has 1 N–H and O–H groups in total. The van der Waals surface area contributed by atoms with Crippen LogP contribution in [0.5, 0.6) is 5.75 Å². The van der Waals surface area contributed by atoms with Crippen molar-refractivity contribution in [1.82, 2.24) is 10.2 Å². The Kier molecular flexibility index (Phi) is 5.74. The van der Waals surface area contributed by atoms with Gasteiger partial charge in [0.25, 0.3) is 0 Å². The van der Waals surface area contributed by atoms with Crippen LogP contribution in [0.2, 0.25) is 0 Å². The molecule has 6 heteroatoms. The molecule has 3 rings (SSSR count). The largest absolute Gasteiger partial charge is 0.486 e. The minimum atomic E-state index is -0.200. The van der Waals surface area contributed by atoms with Gasteiger partial charge in [0.05, 0.1) is 5.92 Å². The highest BCUT2D eigenvalue weighted by Gasteiger charge is 2.20. The van der Waals surface area contributed by atoms with Gasteiger partial charge in [-0.15, -0.1) is 10.2 Å². The maximum absolute atomic E-state index is 12.5. The van der Waals surface area contributed by atoms with Crippen molar-refractivity contribution in [2.75, 3.05) is 5.32 Å². The molecule has 0 unspecified atom stereocenters. The summed E-state index contributed by atoms with van der Waals surface area (Å²) in [7, 11) is 0. The van der Waals surface area contributed by atoms with Gasteiger partial charge in [-0.2, -0.15) is 0 Å². The lowest BCUT2D eigenvalue weighted by Gasteiger charge is -2.13. The highest BCUT2D eigenvalue weighted by Crippen LogP contribution is 2.23. The number of anilines is 1. The van der Waals surface area contributed by atoms with Gasteiger partial charge in [-0.1, -0.05) is 66.8 Å². The second-order valence-electron chi connectivity index (χ2n) is 5.46. The summed E-state index contributed by atoms with van der Waals surface area (Å²) in [5.74, 6) is 0.507. The number of hydrogen-bond donors (Lipinski definition) is 1. The number of rotatable bonds is 7. The van der Waals surface area contributed by atoms with Crippen LogP contribution in [0.25, 0.3) is 0 Å². The first-order valence-electron chi connectivity index (χ1n) is 8.12. The van der Waals surface area contributed by atoms with Crippen LogP contribution in [0.15, 0.2) is 60.7 Å². The first-order valence-corrected chi connectivity index (χ1v) is 8.94. The van der Waals surface area contributed by atoms with Crippen molar-refractivity contribution in [3.8, 4) is 5.75 Å². The number of para-hydroxylation sites is 1. The zero-order chi connectivity index (χ0) is 17.5. The van der Waals surface area contributed by atoms with Crippen molar-refractivity contribution in [2.24, 2.45) is 0 Å². The van der Waals surface area contributed by atoms with Gasteiger partial charge in [-0.05, 0) is 24.1 Å². The van der Waals surface area contributed by atoms with Crippen LogP contribution in [-0.4, -0.2) is 16.1 Å². The van der Waals surface area contributed by atoms with Crippen LogP contribution < -0.4 is 10.1 Å². The number of nitrogens with zero attached hydrogens (tertiary/aromatic N) is 2. The molecule has 5 nitrogen and oxygen atoms in total. The van der Waals surface area contributed by atoms with Gasteiger partial charge in [0.1, 0.15) is 12.4 Å². The summed E-state index contributed by atoms with van der Waals surface area (Å²) < 4.78 is 5.64. The minimum absolute atomic E-state index is 0.0691. The predicted octanol–water partition coefficient (Wildman–Crippen LogP) is 4.25. The molecule has 1 amide bonds. The first kappa shape index (κ1) is 17.1. The fourth-order valence-electron chi connectivity index (χ4n) is 2.47. The summed E-state index contributed by atoms with van der Waals surface area (Å²) in [6, 6.07) is 19.3.